The highest BCUT2D eigenvalue weighted by Crippen LogP contribution is 2.27. The molecule has 2 atom stereocenters. The molecule has 18 heavy (non-hydrogen) atoms. The third-order valence-electron chi connectivity index (χ3n) is 2.93. The molecule has 1 heterocycles. The van der Waals surface area contributed by atoms with Crippen molar-refractivity contribution in [1.29, 1.82) is 5.26 Å². The summed E-state index contributed by atoms with van der Waals surface area (Å²) in [5.41, 5.74) is 2.77. The Morgan fingerprint density at radius 3 is 2.89 bits per heavy atom. The van der Waals surface area contributed by atoms with E-state index >= 15 is 0 Å². The zero-order chi connectivity index (χ0) is 13.1. The van der Waals surface area contributed by atoms with Crippen molar-refractivity contribution in [1.82, 2.24) is 0 Å². The second kappa shape index (κ2) is 5.45. The standard InChI is InChI=1S/C14H17N3S/c1-9-4-5-12(8-15)7-13(9)17-14-16-10(2)6-11(3)18-14/h4-5,7,10-11H,6H2,1-3H3,(H,16,17). The molecule has 1 N–H and O–H groups in total. The summed E-state index contributed by atoms with van der Waals surface area (Å²) in [4.78, 5) is 4.61. The molecule has 1 aliphatic heterocycles. The van der Waals surface area contributed by atoms with Crippen LogP contribution in [0.1, 0.15) is 31.4 Å². The zero-order valence-corrected chi connectivity index (χ0v) is 11.7. The van der Waals surface area contributed by atoms with Gasteiger partial charge in [-0.15, -0.1) is 0 Å². The number of aliphatic imine (C=N–C) groups is 1. The van der Waals surface area contributed by atoms with Crippen molar-refractivity contribution in [3.8, 4) is 6.07 Å². The van der Waals surface area contributed by atoms with Crippen molar-refractivity contribution in [2.75, 3.05) is 5.32 Å². The van der Waals surface area contributed by atoms with Crippen LogP contribution in [0, 0.1) is 18.3 Å². The Morgan fingerprint density at radius 1 is 1.44 bits per heavy atom. The average molecular weight is 259 g/mol. The fourth-order valence-electron chi connectivity index (χ4n) is 2.01. The van der Waals surface area contributed by atoms with Crippen LogP contribution in [0.15, 0.2) is 23.2 Å². The van der Waals surface area contributed by atoms with Gasteiger partial charge in [0.25, 0.3) is 0 Å². The number of thioether (sulfide) groups is 1. The molecule has 0 saturated carbocycles. The van der Waals surface area contributed by atoms with Crippen molar-refractivity contribution >= 4 is 22.6 Å². The summed E-state index contributed by atoms with van der Waals surface area (Å²) in [5.74, 6) is 0. The fraction of sp³-hybridized carbons (Fsp3) is 0.429. The van der Waals surface area contributed by atoms with E-state index in [1.165, 1.54) is 0 Å². The van der Waals surface area contributed by atoms with Crippen LogP contribution in [-0.4, -0.2) is 16.5 Å². The first-order valence-corrected chi connectivity index (χ1v) is 6.98. The van der Waals surface area contributed by atoms with E-state index in [9.17, 15) is 0 Å². The number of nitrogens with zero attached hydrogens (tertiary/aromatic N) is 2. The summed E-state index contributed by atoms with van der Waals surface area (Å²) in [6, 6.07) is 8.20. The molecule has 0 amide bonds. The maximum atomic E-state index is 8.93. The van der Waals surface area contributed by atoms with Crippen molar-refractivity contribution in [3.63, 3.8) is 0 Å². The molecule has 1 aliphatic rings. The van der Waals surface area contributed by atoms with Crippen molar-refractivity contribution in [3.05, 3.63) is 29.3 Å². The van der Waals surface area contributed by atoms with E-state index < -0.39 is 0 Å². The second-order valence-corrected chi connectivity index (χ2v) is 6.14. The fourth-order valence-corrected chi connectivity index (χ4v) is 3.17. The predicted molar refractivity (Wildman–Crippen MR) is 78.1 cm³/mol. The van der Waals surface area contributed by atoms with Crippen LogP contribution in [0.2, 0.25) is 0 Å². The molecule has 0 aromatic heterocycles. The lowest BCUT2D eigenvalue weighted by Crippen LogP contribution is -2.23. The van der Waals surface area contributed by atoms with E-state index in [1.807, 2.05) is 25.1 Å². The lowest BCUT2D eigenvalue weighted by atomic mass is 10.1. The molecule has 1 aromatic carbocycles. The minimum Gasteiger partial charge on any atom is -0.335 e. The zero-order valence-electron chi connectivity index (χ0n) is 10.9. The highest BCUT2D eigenvalue weighted by atomic mass is 32.2. The summed E-state index contributed by atoms with van der Waals surface area (Å²) in [6.07, 6.45) is 1.12. The first-order chi connectivity index (χ1) is 8.58. The molecule has 0 saturated heterocycles. The third-order valence-corrected chi connectivity index (χ3v) is 3.96. The first-order valence-electron chi connectivity index (χ1n) is 6.10. The predicted octanol–water partition coefficient (Wildman–Crippen LogP) is 3.55. The molecule has 2 unspecified atom stereocenters. The van der Waals surface area contributed by atoms with Gasteiger partial charge in [0.1, 0.15) is 0 Å². The van der Waals surface area contributed by atoms with Gasteiger partial charge in [0.2, 0.25) is 0 Å². The highest BCUT2D eigenvalue weighted by Gasteiger charge is 2.18. The molecule has 2 rings (SSSR count). The lowest BCUT2D eigenvalue weighted by Gasteiger charge is -2.23. The van der Waals surface area contributed by atoms with Crippen molar-refractivity contribution in [2.24, 2.45) is 4.99 Å². The van der Waals surface area contributed by atoms with E-state index in [4.69, 9.17) is 5.26 Å². The SMILES string of the molecule is Cc1ccc(C#N)cc1NC1=NC(C)CC(C)S1. The van der Waals surface area contributed by atoms with E-state index in [0.717, 1.165) is 22.8 Å². The van der Waals surface area contributed by atoms with E-state index in [1.54, 1.807) is 11.8 Å². The largest absolute Gasteiger partial charge is 0.335 e. The second-order valence-electron chi connectivity index (χ2n) is 4.71. The van der Waals surface area contributed by atoms with Crippen LogP contribution in [0.5, 0.6) is 0 Å². The summed E-state index contributed by atoms with van der Waals surface area (Å²) >= 11 is 1.76. The number of benzene rings is 1. The van der Waals surface area contributed by atoms with E-state index in [0.29, 0.717) is 16.9 Å². The Labute approximate surface area is 112 Å². The smallest absolute Gasteiger partial charge is 0.161 e. The number of hydrogen-bond acceptors (Lipinski definition) is 4. The maximum Gasteiger partial charge on any atom is 0.161 e. The topological polar surface area (TPSA) is 48.2 Å². The Morgan fingerprint density at radius 2 is 2.22 bits per heavy atom. The summed E-state index contributed by atoms with van der Waals surface area (Å²) in [6.45, 7) is 6.39. The molecule has 1 aromatic rings. The Bertz CT molecular complexity index is 516. The molecule has 94 valence electrons. The number of anilines is 1. The lowest BCUT2D eigenvalue weighted by molar-refractivity contribution is 0.661. The summed E-state index contributed by atoms with van der Waals surface area (Å²) in [7, 11) is 0. The van der Waals surface area contributed by atoms with Gasteiger partial charge in [-0.1, -0.05) is 24.8 Å². The quantitative estimate of drug-likeness (QED) is 0.839. The molecular formula is C14H17N3S. The van der Waals surface area contributed by atoms with Gasteiger partial charge >= 0.3 is 0 Å². The van der Waals surface area contributed by atoms with Gasteiger partial charge < -0.3 is 5.32 Å². The van der Waals surface area contributed by atoms with E-state index in [-0.39, 0.29) is 0 Å². The average Bonchev–Trinajstić information content (AvgIpc) is 2.30. The molecule has 0 fully saturated rings. The number of hydrogen-bond donors (Lipinski definition) is 1. The van der Waals surface area contributed by atoms with Gasteiger partial charge in [0, 0.05) is 10.9 Å². The minimum absolute atomic E-state index is 0.364. The molecule has 0 bridgehead atoms. The van der Waals surface area contributed by atoms with Crippen LogP contribution in [0.25, 0.3) is 0 Å². The monoisotopic (exact) mass is 259 g/mol. The van der Waals surface area contributed by atoms with Gasteiger partial charge in [-0.2, -0.15) is 5.26 Å². The number of amidine groups is 1. The van der Waals surface area contributed by atoms with Gasteiger partial charge in [-0.3, -0.25) is 4.99 Å². The van der Waals surface area contributed by atoms with Crippen LogP contribution >= 0.6 is 11.8 Å². The molecule has 0 aliphatic carbocycles. The van der Waals surface area contributed by atoms with Gasteiger partial charge in [0.05, 0.1) is 17.7 Å². The number of aryl methyl sites for hydroxylation is 1. The molecule has 3 nitrogen and oxygen atoms in total. The van der Waals surface area contributed by atoms with Crippen LogP contribution < -0.4 is 5.32 Å². The third kappa shape index (κ3) is 3.05. The van der Waals surface area contributed by atoms with Crippen molar-refractivity contribution < 1.29 is 0 Å². The maximum absolute atomic E-state index is 8.93. The van der Waals surface area contributed by atoms with Crippen LogP contribution in [0.3, 0.4) is 0 Å². The van der Waals surface area contributed by atoms with Gasteiger partial charge in [-0.25, -0.2) is 0 Å². The Balaban J connectivity index is 2.21. The van der Waals surface area contributed by atoms with Crippen LogP contribution in [0.4, 0.5) is 5.69 Å². The number of rotatable bonds is 1. The molecular weight excluding hydrogens is 242 g/mol. The molecule has 0 spiro atoms. The highest BCUT2D eigenvalue weighted by molar-refractivity contribution is 8.14. The molecule has 0 radical (unpaired) electrons. The van der Waals surface area contributed by atoms with Crippen molar-refractivity contribution in [2.45, 2.75) is 38.5 Å². The van der Waals surface area contributed by atoms with E-state index in [2.05, 4.69) is 30.2 Å². The minimum atomic E-state index is 0.364. The van der Waals surface area contributed by atoms with Gasteiger partial charge in [-0.05, 0) is 38.0 Å². The Hall–Kier alpha value is -1.47. The number of nitrogens with one attached hydrogen (secondary N) is 1. The Kier molecular flexibility index (Phi) is 3.93. The normalized spacial score (nSPS) is 23.1. The van der Waals surface area contributed by atoms with Gasteiger partial charge in [0.15, 0.2) is 5.17 Å². The van der Waals surface area contributed by atoms with Crippen LogP contribution in [-0.2, 0) is 0 Å². The molecule has 4 heteroatoms. The first kappa shape index (κ1) is 13.0. The summed E-state index contributed by atoms with van der Waals surface area (Å²) < 4.78 is 0. The summed E-state index contributed by atoms with van der Waals surface area (Å²) in [5, 5.41) is 13.8. The number of nitriles is 1.